The summed E-state index contributed by atoms with van der Waals surface area (Å²) in [5.41, 5.74) is 5.02. The van der Waals surface area contributed by atoms with Crippen molar-refractivity contribution in [3.63, 3.8) is 0 Å². The van der Waals surface area contributed by atoms with Crippen LogP contribution in [0, 0.1) is 0 Å². The van der Waals surface area contributed by atoms with Crippen LogP contribution >= 0.6 is 23.1 Å². The second-order valence-corrected chi connectivity index (χ2v) is 12.5. The molecular weight excluding hydrogens is 497 g/mol. The van der Waals surface area contributed by atoms with Crippen molar-refractivity contribution in [3.8, 4) is 0 Å². The first-order chi connectivity index (χ1) is 16.9. The van der Waals surface area contributed by atoms with Crippen molar-refractivity contribution in [1.82, 2.24) is 0 Å². The van der Waals surface area contributed by atoms with Gasteiger partial charge in [0.1, 0.15) is 4.70 Å². The summed E-state index contributed by atoms with van der Waals surface area (Å²) in [4.78, 5) is 3.69. The van der Waals surface area contributed by atoms with Crippen molar-refractivity contribution >= 4 is 55.2 Å². The topological polar surface area (TPSA) is 61.5 Å². The van der Waals surface area contributed by atoms with E-state index in [1.165, 1.54) is 31.5 Å². The van der Waals surface area contributed by atoms with Gasteiger partial charge in [-0.25, -0.2) is 0 Å². The van der Waals surface area contributed by atoms with Gasteiger partial charge in [-0.15, -0.1) is 0 Å². The molecule has 0 fully saturated rings. The lowest BCUT2D eigenvalue weighted by Crippen LogP contribution is -2.36. The monoisotopic (exact) mass is 525 g/mol. The minimum atomic E-state index is -3.96. The Balaban J connectivity index is 1.44. The van der Waals surface area contributed by atoms with Crippen molar-refractivity contribution in [1.29, 1.82) is 0 Å². The molecule has 2 aliphatic rings. The number of thiazole rings is 1. The quantitative estimate of drug-likeness (QED) is 0.284. The van der Waals surface area contributed by atoms with Gasteiger partial charge in [-0.1, -0.05) is 53.4 Å². The van der Waals surface area contributed by atoms with Gasteiger partial charge in [-0.05, 0) is 61.6 Å². The van der Waals surface area contributed by atoms with Crippen LogP contribution in [-0.2, 0) is 16.7 Å². The Morgan fingerprint density at radius 2 is 1.89 bits per heavy atom. The Morgan fingerprint density at radius 1 is 1.09 bits per heavy atom. The van der Waals surface area contributed by atoms with Gasteiger partial charge in [0.25, 0.3) is 15.1 Å². The van der Waals surface area contributed by atoms with Crippen LogP contribution in [0.3, 0.4) is 0 Å². The summed E-state index contributed by atoms with van der Waals surface area (Å²) in [5, 5.41) is 2.39. The molecule has 1 N–H and O–H groups in total. The van der Waals surface area contributed by atoms with Gasteiger partial charge < -0.3 is 4.90 Å². The minimum Gasteiger partial charge on any atom is -0.335 e. The van der Waals surface area contributed by atoms with Gasteiger partial charge in [-0.2, -0.15) is 13.0 Å². The summed E-state index contributed by atoms with van der Waals surface area (Å²) < 4.78 is 35.0. The van der Waals surface area contributed by atoms with Crippen LogP contribution < -0.4 is 9.47 Å². The van der Waals surface area contributed by atoms with E-state index in [0.717, 1.165) is 36.3 Å². The fourth-order valence-electron chi connectivity index (χ4n) is 4.71. The van der Waals surface area contributed by atoms with E-state index in [4.69, 9.17) is 4.55 Å². The molecule has 2 aromatic carbocycles. The number of hydrogen-bond donors (Lipinski definition) is 1. The molecular formula is C27H29N2O3S3+. The number of benzene rings is 2. The van der Waals surface area contributed by atoms with Crippen LogP contribution in [0.4, 0.5) is 5.69 Å². The average Bonchev–Trinajstić information content (AvgIpc) is 3.35. The molecule has 2 heterocycles. The first-order valence-electron chi connectivity index (χ1n) is 11.9. The molecule has 1 aliphatic heterocycles. The van der Waals surface area contributed by atoms with Crippen LogP contribution in [0.25, 0.3) is 16.3 Å². The van der Waals surface area contributed by atoms with E-state index in [1.807, 2.05) is 23.9 Å². The number of allylic oxidation sites excluding steroid dienone is 4. The van der Waals surface area contributed by atoms with E-state index in [1.54, 1.807) is 11.3 Å². The molecule has 0 bridgehead atoms. The van der Waals surface area contributed by atoms with E-state index < -0.39 is 10.1 Å². The van der Waals surface area contributed by atoms with Gasteiger partial charge in [0.2, 0.25) is 5.52 Å². The first kappa shape index (κ1) is 24.3. The van der Waals surface area contributed by atoms with Gasteiger partial charge in [-0.3, -0.25) is 4.55 Å². The zero-order chi connectivity index (χ0) is 24.4. The van der Waals surface area contributed by atoms with Crippen molar-refractivity contribution in [3.05, 3.63) is 81.9 Å². The largest absolute Gasteiger partial charge is 0.335 e. The first-order valence-corrected chi connectivity index (χ1v) is 15.2. The molecule has 35 heavy (non-hydrogen) atoms. The Hall–Kier alpha value is -2.39. The number of aromatic nitrogens is 1. The zero-order valence-electron chi connectivity index (χ0n) is 19.7. The van der Waals surface area contributed by atoms with Gasteiger partial charge in [0.15, 0.2) is 6.54 Å². The van der Waals surface area contributed by atoms with Gasteiger partial charge in [0.05, 0.1) is 16.5 Å². The third-order valence-electron chi connectivity index (χ3n) is 6.29. The Kier molecular flexibility index (Phi) is 7.16. The van der Waals surface area contributed by atoms with Crippen LogP contribution in [0.2, 0.25) is 0 Å². The Bertz CT molecular complexity index is 1450. The fraction of sp³-hybridized carbons (Fsp3) is 0.296. The molecule has 182 valence electrons. The lowest BCUT2D eigenvalue weighted by molar-refractivity contribution is -0.668. The maximum Gasteiger partial charge on any atom is 0.265 e. The van der Waals surface area contributed by atoms with Gasteiger partial charge >= 0.3 is 0 Å². The molecule has 0 saturated heterocycles. The molecule has 0 unspecified atom stereocenters. The van der Waals surface area contributed by atoms with Gasteiger partial charge in [0, 0.05) is 30.0 Å². The number of fused-ring (bicyclic) bond motifs is 2. The minimum absolute atomic E-state index is 0.230. The Morgan fingerprint density at radius 3 is 2.71 bits per heavy atom. The molecule has 0 amide bonds. The highest BCUT2D eigenvalue weighted by Gasteiger charge is 2.24. The van der Waals surface area contributed by atoms with E-state index in [9.17, 15) is 8.42 Å². The standard InChI is InChI=1S/C27H28N2O3S3/c1-2-28-22-11-3-5-13-24(22)33-26(28)18-20-9-7-10-21(17-20)19-27-29(15-8-16-35(30,31)32)23-12-4-6-14-25(23)34-27/h3-6,11-14,17-19H,2,7-10,15-16H2,1H3/p+1. The summed E-state index contributed by atoms with van der Waals surface area (Å²) >= 11 is 3.56. The number of anilines is 1. The molecule has 0 atom stereocenters. The normalized spacial score (nSPS) is 18.5. The predicted octanol–water partition coefficient (Wildman–Crippen LogP) is 6.43. The number of rotatable bonds is 7. The molecule has 0 radical (unpaired) electrons. The predicted molar refractivity (Wildman–Crippen MR) is 146 cm³/mol. The third kappa shape index (κ3) is 5.56. The number of nitrogens with zero attached hydrogens (tertiary/aromatic N) is 2. The average molecular weight is 526 g/mol. The Labute approximate surface area is 215 Å². The van der Waals surface area contributed by atoms with E-state index >= 15 is 0 Å². The van der Waals surface area contributed by atoms with E-state index in [2.05, 4.69) is 71.0 Å². The molecule has 5 rings (SSSR count). The molecule has 0 spiro atoms. The van der Waals surface area contributed by atoms with Crippen LogP contribution in [0.15, 0.2) is 81.8 Å². The SMILES string of the molecule is CCN1C(=CC2=CC(=Cc3sc4ccccc4[n+]3CCCS(=O)(=O)O)CCC2)Sc2ccccc21. The maximum absolute atomic E-state index is 11.2. The molecule has 1 aliphatic carbocycles. The fourth-order valence-corrected chi connectivity index (χ4v) is 7.57. The maximum atomic E-state index is 11.2. The summed E-state index contributed by atoms with van der Waals surface area (Å²) in [6.45, 7) is 3.68. The van der Waals surface area contributed by atoms with Crippen molar-refractivity contribution in [2.24, 2.45) is 0 Å². The summed E-state index contributed by atoms with van der Waals surface area (Å²) in [6.07, 6.45) is 10.5. The number of aryl methyl sites for hydroxylation is 1. The highest BCUT2D eigenvalue weighted by molar-refractivity contribution is 8.03. The van der Waals surface area contributed by atoms with Crippen LogP contribution in [-0.4, -0.2) is 25.3 Å². The molecule has 0 saturated carbocycles. The number of para-hydroxylation sites is 2. The summed E-state index contributed by atoms with van der Waals surface area (Å²) in [7, 11) is -3.96. The van der Waals surface area contributed by atoms with E-state index in [0.29, 0.717) is 13.0 Å². The molecule has 5 nitrogen and oxygen atoms in total. The van der Waals surface area contributed by atoms with Crippen molar-refractivity contribution in [2.45, 2.75) is 44.0 Å². The highest BCUT2D eigenvalue weighted by Crippen LogP contribution is 2.46. The second kappa shape index (κ2) is 10.3. The molecule has 1 aromatic heterocycles. The van der Waals surface area contributed by atoms with Crippen molar-refractivity contribution < 1.29 is 17.5 Å². The van der Waals surface area contributed by atoms with Crippen LogP contribution in [0.1, 0.15) is 37.6 Å². The van der Waals surface area contributed by atoms with Crippen LogP contribution in [0.5, 0.6) is 0 Å². The lowest BCUT2D eigenvalue weighted by atomic mass is 9.95. The highest BCUT2D eigenvalue weighted by atomic mass is 32.2. The number of hydrogen-bond acceptors (Lipinski definition) is 5. The third-order valence-corrected chi connectivity index (χ3v) is 9.32. The summed E-state index contributed by atoms with van der Waals surface area (Å²) in [6, 6.07) is 16.8. The second-order valence-electron chi connectivity index (χ2n) is 8.79. The smallest absolute Gasteiger partial charge is 0.265 e. The number of thioether (sulfide) groups is 1. The lowest BCUT2D eigenvalue weighted by Gasteiger charge is -2.19. The molecule has 8 heteroatoms. The summed E-state index contributed by atoms with van der Waals surface area (Å²) in [5.74, 6) is -0.230. The van der Waals surface area contributed by atoms with Crippen molar-refractivity contribution in [2.75, 3.05) is 17.2 Å². The molecule has 3 aromatic rings. The zero-order valence-corrected chi connectivity index (χ0v) is 22.1. The van der Waals surface area contributed by atoms with E-state index in [-0.39, 0.29) is 5.75 Å².